The van der Waals surface area contributed by atoms with Crippen molar-refractivity contribution in [3.8, 4) is 0 Å². The Bertz CT molecular complexity index is 526. The van der Waals surface area contributed by atoms with Gasteiger partial charge in [-0.1, -0.05) is 13.0 Å². The third-order valence-electron chi connectivity index (χ3n) is 2.58. The van der Waals surface area contributed by atoms with Crippen LogP contribution in [0.1, 0.15) is 35.9 Å². The molecule has 0 N–H and O–H groups in total. The number of hydrogen-bond donors (Lipinski definition) is 0. The molecule has 15 heavy (non-hydrogen) atoms. The Morgan fingerprint density at radius 2 is 2.20 bits per heavy atom. The molecule has 2 aromatic heterocycles. The Morgan fingerprint density at radius 3 is 2.80 bits per heavy atom. The topological polar surface area (TPSA) is 34.4 Å². The van der Waals surface area contributed by atoms with Crippen molar-refractivity contribution < 1.29 is 4.79 Å². The zero-order valence-corrected chi connectivity index (χ0v) is 9.24. The van der Waals surface area contributed by atoms with E-state index in [1.54, 1.807) is 6.92 Å². The van der Waals surface area contributed by atoms with Gasteiger partial charge in [0.15, 0.2) is 5.78 Å². The van der Waals surface area contributed by atoms with Gasteiger partial charge in [-0.2, -0.15) is 0 Å². The van der Waals surface area contributed by atoms with Crippen LogP contribution in [0.4, 0.5) is 0 Å². The van der Waals surface area contributed by atoms with Gasteiger partial charge in [0.25, 0.3) is 0 Å². The van der Waals surface area contributed by atoms with Gasteiger partial charge in [0.05, 0.1) is 5.52 Å². The van der Waals surface area contributed by atoms with E-state index >= 15 is 0 Å². The molecule has 0 atom stereocenters. The highest BCUT2D eigenvalue weighted by molar-refractivity contribution is 5.99. The number of fused-ring (bicyclic) bond motifs is 1. The number of carbonyl (C=O) groups excluding carboxylic acids is 1. The first-order chi connectivity index (χ1) is 7.15. The summed E-state index contributed by atoms with van der Waals surface area (Å²) in [5.41, 5.74) is 2.61. The van der Waals surface area contributed by atoms with E-state index in [1.165, 1.54) is 0 Å². The fourth-order valence-electron chi connectivity index (χ4n) is 1.88. The van der Waals surface area contributed by atoms with Crippen molar-refractivity contribution in [3.63, 3.8) is 0 Å². The van der Waals surface area contributed by atoms with Crippen molar-refractivity contribution >= 4 is 11.3 Å². The summed E-state index contributed by atoms with van der Waals surface area (Å²) in [5.74, 6) is 0.978. The van der Waals surface area contributed by atoms with Crippen LogP contribution in [0.3, 0.4) is 0 Å². The minimum atomic E-state index is 0.0257. The summed E-state index contributed by atoms with van der Waals surface area (Å²) < 4.78 is 2.05. The number of carbonyl (C=O) groups is 1. The summed E-state index contributed by atoms with van der Waals surface area (Å²) >= 11 is 0. The third-order valence-corrected chi connectivity index (χ3v) is 2.58. The van der Waals surface area contributed by atoms with Crippen LogP contribution in [0.15, 0.2) is 18.2 Å². The van der Waals surface area contributed by atoms with Crippen molar-refractivity contribution in [2.75, 3.05) is 0 Å². The summed E-state index contributed by atoms with van der Waals surface area (Å²) in [6, 6.07) is 5.92. The molecule has 0 bridgehead atoms. The Kier molecular flexibility index (Phi) is 2.31. The predicted octanol–water partition coefficient (Wildman–Crippen LogP) is 2.41. The standard InChI is InChI=1S/C12H14N2O/c1-4-11-13-12(9(3)15)10-7-5-6-8(2)14(10)11/h5-7H,4H2,1-3H3. The molecule has 78 valence electrons. The first kappa shape index (κ1) is 9.90. The number of aryl methyl sites for hydroxylation is 2. The summed E-state index contributed by atoms with van der Waals surface area (Å²) in [4.78, 5) is 15.8. The predicted molar refractivity (Wildman–Crippen MR) is 59.3 cm³/mol. The lowest BCUT2D eigenvalue weighted by Gasteiger charge is -2.02. The second-order valence-corrected chi connectivity index (χ2v) is 3.67. The smallest absolute Gasteiger partial charge is 0.180 e. The quantitative estimate of drug-likeness (QED) is 0.701. The number of rotatable bonds is 2. The average Bonchev–Trinajstić information content (AvgIpc) is 2.58. The number of hydrogen-bond acceptors (Lipinski definition) is 2. The molecule has 0 saturated heterocycles. The molecule has 3 heteroatoms. The van der Waals surface area contributed by atoms with E-state index in [-0.39, 0.29) is 5.78 Å². The van der Waals surface area contributed by atoms with Crippen LogP contribution in [-0.2, 0) is 6.42 Å². The molecule has 0 aliphatic rings. The van der Waals surface area contributed by atoms with E-state index in [9.17, 15) is 4.79 Å². The van der Waals surface area contributed by atoms with Crippen LogP contribution in [0, 0.1) is 6.92 Å². The Labute approximate surface area is 88.8 Å². The van der Waals surface area contributed by atoms with Gasteiger partial charge in [-0.15, -0.1) is 0 Å². The van der Waals surface area contributed by atoms with Crippen molar-refractivity contribution in [2.24, 2.45) is 0 Å². The summed E-state index contributed by atoms with van der Waals surface area (Å²) in [6.07, 6.45) is 0.833. The van der Waals surface area contributed by atoms with Crippen LogP contribution in [-0.4, -0.2) is 15.2 Å². The van der Waals surface area contributed by atoms with Gasteiger partial charge >= 0.3 is 0 Å². The first-order valence-electron chi connectivity index (χ1n) is 5.13. The average molecular weight is 202 g/mol. The van der Waals surface area contributed by atoms with Gasteiger partial charge in [-0.3, -0.25) is 4.79 Å². The number of imidazole rings is 1. The molecule has 0 fully saturated rings. The van der Waals surface area contributed by atoms with Gasteiger partial charge in [0, 0.05) is 19.0 Å². The minimum Gasteiger partial charge on any atom is -0.300 e. The summed E-state index contributed by atoms with van der Waals surface area (Å²) in [6.45, 7) is 5.63. The molecule has 0 amide bonds. The zero-order valence-electron chi connectivity index (χ0n) is 9.24. The van der Waals surface area contributed by atoms with Crippen LogP contribution in [0.2, 0.25) is 0 Å². The van der Waals surface area contributed by atoms with E-state index in [0.717, 1.165) is 23.5 Å². The van der Waals surface area contributed by atoms with E-state index in [0.29, 0.717) is 5.69 Å². The Hall–Kier alpha value is -1.64. The van der Waals surface area contributed by atoms with Gasteiger partial charge in [0.2, 0.25) is 0 Å². The Balaban J connectivity index is 2.87. The largest absolute Gasteiger partial charge is 0.300 e. The zero-order chi connectivity index (χ0) is 11.0. The van der Waals surface area contributed by atoms with Crippen LogP contribution >= 0.6 is 0 Å². The van der Waals surface area contributed by atoms with E-state index in [4.69, 9.17) is 0 Å². The fourth-order valence-corrected chi connectivity index (χ4v) is 1.88. The molecule has 0 radical (unpaired) electrons. The van der Waals surface area contributed by atoms with Gasteiger partial charge in [0.1, 0.15) is 11.5 Å². The normalized spacial score (nSPS) is 10.9. The molecule has 0 unspecified atom stereocenters. The second kappa shape index (κ2) is 3.50. The number of ketones is 1. The van der Waals surface area contributed by atoms with E-state index < -0.39 is 0 Å². The number of pyridine rings is 1. The maximum absolute atomic E-state index is 11.4. The molecule has 0 saturated carbocycles. The molecular formula is C12H14N2O. The molecule has 2 rings (SSSR count). The van der Waals surface area contributed by atoms with E-state index in [1.807, 2.05) is 32.0 Å². The molecule has 2 heterocycles. The monoisotopic (exact) mass is 202 g/mol. The second-order valence-electron chi connectivity index (χ2n) is 3.67. The highest BCUT2D eigenvalue weighted by Gasteiger charge is 2.13. The van der Waals surface area contributed by atoms with Gasteiger partial charge in [-0.05, 0) is 19.1 Å². The van der Waals surface area contributed by atoms with E-state index in [2.05, 4.69) is 9.38 Å². The minimum absolute atomic E-state index is 0.0257. The van der Waals surface area contributed by atoms with Crippen molar-refractivity contribution in [1.82, 2.24) is 9.38 Å². The summed E-state index contributed by atoms with van der Waals surface area (Å²) in [7, 11) is 0. The molecule has 0 aliphatic heterocycles. The fraction of sp³-hybridized carbons (Fsp3) is 0.333. The van der Waals surface area contributed by atoms with Crippen LogP contribution in [0.25, 0.3) is 5.52 Å². The van der Waals surface area contributed by atoms with Crippen molar-refractivity contribution in [2.45, 2.75) is 27.2 Å². The third kappa shape index (κ3) is 1.44. The number of nitrogens with zero attached hydrogens (tertiary/aromatic N) is 2. The molecule has 3 nitrogen and oxygen atoms in total. The lowest BCUT2D eigenvalue weighted by atomic mass is 10.2. The first-order valence-corrected chi connectivity index (χ1v) is 5.13. The van der Waals surface area contributed by atoms with Crippen molar-refractivity contribution in [3.05, 3.63) is 35.4 Å². The molecule has 2 aromatic rings. The molecular weight excluding hydrogens is 188 g/mol. The lowest BCUT2D eigenvalue weighted by Crippen LogP contribution is -1.96. The van der Waals surface area contributed by atoms with Crippen LogP contribution in [0.5, 0.6) is 0 Å². The van der Waals surface area contributed by atoms with Crippen molar-refractivity contribution in [1.29, 1.82) is 0 Å². The van der Waals surface area contributed by atoms with Gasteiger partial charge < -0.3 is 4.40 Å². The van der Waals surface area contributed by atoms with Crippen LogP contribution < -0.4 is 0 Å². The van der Waals surface area contributed by atoms with Gasteiger partial charge in [-0.25, -0.2) is 4.98 Å². The molecule has 0 aliphatic carbocycles. The number of Topliss-reactive ketones (excluding diaryl/α,β-unsaturated/α-hetero) is 1. The maximum Gasteiger partial charge on any atom is 0.180 e. The maximum atomic E-state index is 11.4. The molecule has 0 aromatic carbocycles. The SMILES string of the molecule is CCc1nc(C(C)=O)c2cccc(C)n12. The lowest BCUT2D eigenvalue weighted by molar-refractivity contribution is 0.101. The Morgan fingerprint density at radius 1 is 1.47 bits per heavy atom. The molecule has 0 spiro atoms. The number of aromatic nitrogens is 2. The summed E-state index contributed by atoms with van der Waals surface area (Å²) in [5, 5.41) is 0. The highest BCUT2D eigenvalue weighted by atomic mass is 16.1. The highest BCUT2D eigenvalue weighted by Crippen LogP contribution is 2.16.